The van der Waals surface area contributed by atoms with E-state index >= 15 is 0 Å². The van der Waals surface area contributed by atoms with Crippen molar-refractivity contribution in [2.75, 3.05) is 13.2 Å². The molecule has 134 valence electrons. The fourth-order valence-corrected chi connectivity index (χ4v) is 2.14. The highest BCUT2D eigenvalue weighted by Crippen LogP contribution is 2.21. The molecule has 0 spiro atoms. The average Bonchev–Trinajstić information content (AvgIpc) is 2.47. The summed E-state index contributed by atoms with van der Waals surface area (Å²) in [5, 5.41) is 12.5. The van der Waals surface area contributed by atoms with Crippen LogP contribution in [0.15, 0.2) is 0 Å². The maximum atomic E-state index is 12.5. The molecule has 0 aliphatic rings. The summed E-state index contributed by atoms with van der Waals surface area (Å²) in [5.41, 5.74) is -0.513. The van der Waals surface area contributed by atoms with Crippen LogP contribution >= 0.6 is 0 Å². The molecule has 0 unspecified atom stereocenters. The van der Waals surface area contributed by atoms with E-state index < -0.39 is 23.3 Å². The minimum Gasteiger partial charge on any atom is -0.464 e. The van der Waals surface area contributed by atoms with Crippen molar-refractivity contribution in [2.45, 2.75) is 59.9 Å². The van der Waals surface area contributed by atoms with Crippen molar-refractivity contribution in [3.05, 3.63) is 0 Å². The summed E-state index contributed by atoms with van der Waals surface area (Å²) in [7, 11) is 0. The van der Waals surface area contributed by atoms with E-state index in [1.54, 1.807) is 6.92 Å². The van der Waals surface area contributed by atoms with Gasteiger partial charge in [-0.05, 0) is 18.8 Å². The number of carbonyl (C=O) groups excluding carboxylic acids is 3. The number of nitrogens with one attached hydrogen (secondary N) is 1. The summed E-state index contributed by atoms with van der Waals surface area (Å²) in [6.07, 6.45) is 2.45. The number of hydrogen-bond donors (Lipinski definition) is 2. The van der Waals surface area contributed by atoms with Gasteiger partial charge in [-0.2, -0.15) is 0 Å². The third-order valence-electron chi connectivity index (χ3n) is 3.48. The molecule has 0 aliphatic heterocycles. The largest absolute Gasteiger partial charge is 0.464 e. The Labute approximate surface area is 138 Å². The molecular formula is C16H30N2O5. The molecule has 0 aromatic rings. The molecule has 7 heteroatoms. The van der Waals surface area contributed by atoms with Crippen molar-refractivity contribution in [2.24, 2.45) is 11.3 Å². The molecule has 0 aliphatic carbocycles. The molecule has 2 N–H and O–H groups in total. The van der Waals surface area contributed by atoms with Gasteiger partial charge in [-0.25, -0.2) is 9.86 Å². The van der Waals surface area contributed by atoms with Crippen LogP contribution in [0.5, 0.6) is 0 Å². The van der Waals surface area contributed by atoms with Crippen LogP contribution in [0.25, 0.3) is 0 Å². The third kappa shape index (κ3) is 7.97. The summed E-state index contributed by atoms with van der Waals surface area (Å²) in [6, 6.07) is -0.789. The van der Waals surface area contributed by atoms with Crippen LogP contribution in [0, 0.1) is 11.3 Å². The molecule has 0 aromatic carbocycles. The van der Waals surface area contributed by atoms with Crippen molar-refractivity contribution in [1.29, 1.82) is 0 Å². The van der Waals surface area contributed by atoms with Crippen LogP contribution < -0.4 is 5.32 Å². The lowest BCUT2D eigenvalue weighted by molar-refractivity contribution is -0.157. The van der Waals surface area contributed by atoms with Gasteiger partial charge in [0.2, 0.25) is 12.3 Å². The van der Waals surface area contributed by atoms with Gasteiger partial charge in [0.25, 0.3) is 0 Å². The molecule has 2 atom stereocenters. The first-order chi connectivity index (χ1) is 10.7. The number of hydrogen-bond acceptors (Lipinski definition) is 5. The molecule has 0 rings (SSSR count). The predicted octanol–water partition coefficient (Wildman–Crippen LogP) is 1.73. The van der Waals surface area contributed by atoms with Crippen molar-refractivity contribution in [3.8, 4) is 0 Å². The fourth-order valence-electron chi connectivity index (χ4n) is 2.14. The number of ether oxygens (including phenoxy) is 1. The van der Waals surface area contributed by atoms with Crippen LogP contribution in [0.1, 0.15) is 53.9 Å². The van der Waals surface area contributed by atoms with Crippen LogP contribution in [-0.2, 0) is 19.1 Å². The smallest absolute Gasteiger partial charge is 0.329 e. The Morgan fingerprint density at radius 3 is 2.35 bits per heavy atom. The lowest BCUT2D eigenvalue weighted by Crippen LogP contribution is -2.52. The van der Waals surface area contributed by atoms with Crippen molar-refractivity contribution < 1.29 is 24.3 Å². The predicted molar refractivity (Wildman–Crippen MR) is 85.6 cm³/mol. The number of amides is 2. The third-order valence-corrected chi connectivity index (χ3v) is 3.48. The quantitative estimate of drug-likeness (QED) is 0.275. The van der Waals surface area contributed by atoms with E-state index in [0.717, 1.165) is 12.8 Å². The molecule has 0 saturated heterocycles. The zero-order valence-corrected chi connectivity index (χ0v) is 14.8. The molecule has 0 saturated carbocycles. The summed E-state index contributed by atoms with van der Waals surface area (Å²) < 4.78 is 5.02. The van der Waals surface area contributed by atoms with E-state index in [4.69, 9.17) is 4.74 Å². The average molecular weight is 330 g/mol. The Kier molecular flexibility index (Phi) is 9.48. The van der Waals surface area contributed by atoms with Gasteiger partial charge in [0.1, 0.15) is 6.04 Å². The lowest BCUT2D eigenvalue weighted by atomic mass is 9.86. The summed E-state index contributed by atoms with van der Waals surface area (Å²) in [4.78, 5) is 35.2. The highest BCUT2D eigenvalue weighted by atomic mass is 16.5. The van der Waals surface area contributed by atoms with Crippen LogP contribution in [-0.4, -0.2) is 47.8 Å². The zero-order valence-electron chi connectivity index (χ0n) is 14.8. The van der Waals surface area contributed by atoms with E-state index in [2.05, 4.69) is 5.32 Å². The van der Waals surface area contributed by atoms with Gasteiger partial charge < -0.3 is 10.1 Å². The monoisotopic (exact) mass is 330 g/mol. The molecule has 7 nitrogen and oxygen atoms in total. The molecule has 0 aromatic heterocycles. The first-order valence-corrected chi connectivity index (χ1v) is 8.05. The van der Waals surface area contributed by atoms with E-state index in [1.807, 2.05) is 27.7 Å². The molecule has 23 heavy (non-hydrogen) atoms. The van der Waals surface area contributed by atoms with Crippen LogP contribution in [0.3, 0.4) is 0 Å². The van der Waals surface area contributed by atoms with E-state index in [9.17, 15) is 19.6 Å². The van der Waals surface area contributed by atoms with Gasteiger partial charge in [-0.15, -0.1) is 0 Å². The maximum absolute atomic E-state index is 12.5. The summed E-state index contributed by atoms with van der Waals surface area (Å²) in [5.74, 6) is -1.43. The number of hydroxylamine groups is 2. The number of esters is 1. The topological polar surface area (TPSA) is 95.9 Å². The zero-order chi connectivity index (χ0) is 18.0. The number of nitrogens with zero attached hydrogens (tertiary/aromatic N) is 1. The second kappa shape index (κ2) is 10.2. The fraction of sp³-hybridized carbons (Fsp3) is 0.812. The second-order valence-electron chi connectivity index (χ2n) is 6.63. The van der Waals surface area contributed by atoms with Crippen molar-refractivity contribution in [3.63, 3.8) is 0 Å². The van der Waals surface area contributed by atoms with Gasteiger partial charge in [0.15, 0.2) is 0 Å². The Bertz CT molecular complexity index is 392. The molecule has 0 bridgehead atoms. The number of unbranched alkanes of at least 4 members (excludes halogenated alkanes) is 1. The van der Waals surface area contributed by atoms with Gasteiger partial charge >= 0.3 is 5.97 Å². The first-order valence-electron chi connectivity index (χ1n) is 8.05. The highest BCUT2D eigenvalue weighted by Gasteiger charge is 2.35. The minimum atomic E-state index is -0.789. The van der Waals surface area contributed by atoms with Gasteiger partial charge in [-0.3, -0.25) is 14.8 Å². The molecule has 0 heterocycles. The summed E-state index contributed by atoms with van der Waals surface area (Å²) in [6.45, 7) is 9.32. The normalized spacial score (nSPS) is 13.8. The maximum Gasteiger partial charge on any atom is 0.329 e. The number of carbonyl (C=O) groups is 3. The number of rotatable bonds is 10. The SMILES string of the molecule is CCCC[C@H](CN(O)C=O)C(=O)N[C@H](C(=O)OCC)C(C)(C)C. The Hall–Kier alpha value is -1.63. The lowest BCUT2D eigenvalue weighted by Gasteiger charge is -2.31. The van der Waals surface area contributed by atoms with Gasteiger partial charge in [-0.1, -0.05) is 40.5 Å². The Balaban J connectivity index is 5.06. The Morgan fingerprint density at radius 2 is 1.91 bits per heavy atom. The van der Waals surface area contributed by atoms with Crippen LogP contribution in [0.2, 0.25) is 0 Å². The second-order valence-corrected chi connectivity index (χ2v) is 6.63. The molecule has 2 amide bonds. The van der Waals surface area contributed by atoms with E-state index in [0.29, 0.717) is 11.5 Å². The molecular weight excluding hydrogens is 300 g/mol. The minimum absolute atomic E-state index is 0.102. The molecule has 0 radical (unpaired) electrons. The summed E-state index contributed by atoms with van der Waals surface area (Å²) >= 11 is 0. The van der Waals surface area contributed by atoms with Crippen molar-refractivity contribution in [1.82, 2.24) is 10.4 Å². The van der Waals surface area contributed by atoms with Gasteiger partial charge in [0.05, 0.1) is 19.1 Å². The van der Waals surface area contributed by atoms with Crippen molar-refractivity contribution >= 4 is 18.3 Å². The Morgan fingerprint density at radius 1 is 1.30 bits per heavy atom. The standard InChI is InChI=1S/C16H30N2O5/c1-6-8-9-12(10-18(22)11-19)14(20)17-13(16(3,4)5)15(21)23-7-2/h11-13,22H,6-10H2,1-5H3,(H,17,20)/t12-,13-/m1/s1. The van der Waals surface area contributed by atoms with E-state index in [1.165, 1.54) is 0 Å². The molecule has 0 fully saturated rings. The first kappa shape index (κ1) is 21.4. The van der Waals surface area contributed by atoms with Gasteiger partial charge in [0, 0.05) is 0 Å². The highest BCUT2D eigenvalue weighted by molar-refractivity contribution is 5.86. The van der Waals surface area contributed by atoms with E-state index in [-0.39, 0.29) is 25.5 Å². The van der Waals surface area contributed by atoms with Crippen LogP contribution in [0.4, 0.5) is 0 Å².